The summed E-state index contributed by atoms with van der Waals surface area (Å²) in [6, 6.07) is 7.47. The third kappa shape index (κ3) is 3.32. The number of benzene rings is 1. The van der Waals surface area contributed by atoms with Gasteiger partial charge in [-0.15, -0.1) is 5.10 Å². The van der Waals surface area contributed by atoms with Gasteiger partial charge in [-0.25, -0.2) is 4.68 Å². The first-order valence-corrected chi connectivity index (χ1v) is 7.67. The Bertz CT molecular complexity index is 845. The molecule has 1 amide bonds. The summed E-state index contributed by atoms with van der Waals surface area (Å²) in [6.45, 7) is 3.90. The molecular formula is C16H19N7O. The van der Waals surface area contributed by atoms with E-state index in [2.05, 4.69) is 31.0 Å². The lowest BCUT2D eigenvalue weighted by Gasteiger charge is -2.07. The Morgan fingerprint density at radius 2 is 2.17 bits per heavy atom. The number of rotatable bonds is 5. The number of H-pyrrole nitrogens is 1. The minimum absolute atomic E-state index is 0.0387. The highest BCUT2D eigenvalue weighted by atomic mass is 16.1. The highest BCUT2D eigenvalue weighted by Gasteiger charge is 2.11. The number of aromatic amines is 1. The van der Waals surface area contributed by atoms with Crippen molar-refractivity contribution in [1.29, 1.82) is 0 Å². The minimum Gasteiger partial charge on any atom is -0.326 e. The molecule has 0 aliphatic carbocycles. The average molecular weight is 325 g/mol. The second kappa shape index (κ2) is 6.61. The number of carbonyl (C=O) groups is 1. The second-order valence-corrected chi connectivity index (χ2v) is 5.67. The zero-order valence-electron chi connectivity index (χ0n) is 13.9. The Morgan fingerprint density at radius 3 is 2.83 bits per heavy atom. The van der Waals surface area contributed by atoms with Gasteiger partial charge in [0.05, 0.1) is 5.69 Å². The number of amides is 1. The van der Waals surface area contributed by atoms with Gasteiger partial charge in [0.15, 0.2) is 5.82 Å². The van der Waals surface area contributed by atoms with Crippen LogP contribution in [0.15, 0.2) is 24.3 Å². The molecule has 2 N–H and O–H groups in total. The molecule has 0 aliphatic heterocycles. The van der Waals surface area contributed by atoms with E-state index in [1.807, 2.05) is 38.1 Å². The molecule has 0 saturated carbocycles. The van der Waals surface area contributed by atoms with Crippen LogP contribution in [-0.4, -0.2) is 36.3 Å². The fourth-order valence-electron chi connectivity index (χ4n) is 2.61. The molecule has 0 fully saturated rings. The van der Waals surface area contributed by atoms with Crippen molar-refractivity contribution in [3.63, 3.8) is 0 Å². The number of hydrogen-bond acceptors (Lipinski definition) is 5. The first-order chi connectivity index (χ1) is 11.5. The Kier molecular flexibility index (Phi) is 4.37. The zero-order valence-corrected chi connectivity index (χ0v) is 13.9. The van der Waals surface area contributed by atoms with Gasteiger partial charge in [0.2, 0.25) is 5.91 Å². The fraction of sp³-hybridized carbons (Fsp3) is 0.312. The van der Waals surface area contributed by atoms with E-state index in [1.165, 1.54) is 0 Å². The molecule has 0 saturated heterocycles. The fourth-order valence-corrected chi connectivity index (χ4v) is 2.61. The minimum atomic E-state index is -0.0387. The largest absolute Gasteiger partial charge is 0.326 e. The highest BCUT2D eigenvalue weighted by Crippen LogP contribution is 2.20. The van der Waals surface area contributed by atoms with Crippen LogP contribution < -0.4 is 5.32 Å². The number of nitrogens with zero attached hydrogens (tertiary/aromatic N) is 5. The van der Waals surface area contributed by atoms with Crippen molar-refractivity contribution in [2.24, 2.45) is 7.05 Å². The third-order valence-electron chi connectivity index (χ3n) is 3.91. The number of aryl methyl sites for hydroxylation is 3. The Hall–Kier alpha value is -3.03. The third-order valence-corrected chi connectivity index (χ3v) is 3.91. The average Bonchev–Trinajstić information content (AvgIpc) is 3.12. The van der Waals surface area contributed by atoms with Gasteiger partial charge in [-0.05, 0) is 48.4 Å². The number of tetrazole rings is 1. The van der Waals surface area contributed by atoms with E-state index in [1.54, 1.807) is 11.7 Å². The second-order valence-electron chi connectivity index (χ2n) is 5.67. The summed E-state index contributed by atoms with van der Waals surface area (Å²) in [7, 11) is 1.77. The molecule has 3 rings (SSSR count). The van der Waals surface area contributed by atoms with Crippen LogP contribution in [0.25, 0.3) is 11.4 Å². The first kappa shape index (κ1) is 15.9. The van der Waals surface area contributed by atoms with Crippen molar-refractivity contribution in [2.45, 2.75) is 26.7 Å². The molecule has 0 aliphatic rings. The van der Waals surface area contributed by atoms with Gasteiger partial charge in [0.25, 0.3) is 0 Å². The predicted octanol–water partition coefficient (Wildman–Crippen LogP) is 1.79. The van der Waals surface area contributed by atoms with E-state index in [0.29, 0.717) is 18.7 Å². The molecule has 124 valence electrons. The number of aromatic nitrogens is 6. The van der Waals surface area contributed by atoms with E-state index >= 15 is 0 Å². The summed E-state index contributed by atoms with van der Waals surface area (Å²) in [5.41, 5.74) is 4.63. The molecule has 0 radical (unpaired) electrons. The van der Waals surface area contributed by atoms with Crippen molar-refractivity contribution in [1.82, 2.24) is 30.4 Å². The van der Waals surface area contributed by atoms with Crippen molar-refractivity contribution < 1.29 is 4.79 Å². The topological polar surface area (TPSA) is 101 Å². The van der Waals surface area contributed by atoms with Crippen molar-refractivity contribution >= 4 is 11.6 Å². The molecule has 2 heterocycles. The number of carbonyl (C=O) groups excluding carboxylic acids is 1. The number of hydrogen-bond donors (Lipinski definition) is 2. The van der Waals surface area contributed by atoms with Gasteiger partial charge in [-0.1, -0.05) is 12.1 Å². The Balaban J connectivity index is 1.66. The molecule has 0 atom stereocenters. The van der Waals surface area contributed by atoms with Gasteiger partial charge >= 0.3 is 0 Å². The van der Waals surface area contributed by atoms with E-state index in [4.69, 9.17) is 0 Å². The van der Waals surface area contributed by atoms with Crippen LogP contribution in [0.2, 0.25) is 0 Å². The van der Waals surface area contributed by atoms with Crippen molar-refractivity contribution in [3.05, 3.63) is 41.2 Å². The quantitative estimate of drug-likeness (QED) is 0.744. The van der Waals surface area contributed by atoms with Crippen LogP contribution in [0.5, 0.6) is 0 Å². The first-order valence-electron chi connectivity index (χ1n) is 7.67. The molecule has 8 heteroatoms. The smallest absolute Gasteiger partial charge is 0.224 e. The van der Waals surface area contributed by atoms with Gasteiger partial charge in [-0.3, -0.25) is 9.89 Å². The van der Waals surface area contributed by atoms with E-state index in [-0.39, 0.29) is 5.91 Å². The summed E-state index contributed by atoms with van der Waals surface area (Å²) >= 11 is 0. The summed E-state index contributed by atoms with van der Waals surface area (Å²) in [5, 5.41) is 21.4. The molecule has 8 nitrogen and oxygen atoms in total. The van der Waals surface area contributed by atoms with Crippen LogP contribution in [0.3, 0.4) is 0 Å². The van der Waals surface area contributed by atoms with Gasteiger partial charge in [0, 0.05) is 30.4 Å². The van der Waals surface area contributed by atoms with Crippen LogP contribution in [0, 0.1) is 13.8 Å². The molecular weight excluding hydrogens is 306 g/mol. The lowest BCUT2D eigenvalue weighted by Crippen LogP contribution is -2.12. The Labute approximate surface area is 139 Å². The summed E-state index contributed by atoms with van der Waals surface area (Å²) in [4.78, 5) is 12.2. The molecule has 0 unspecified atom stereocenters. The van der Waals surface area contributed by atoms with Gasteiger partial charge < -0.3 is 5.32 Å². The molecule has 2 aromatic heterocycles. The normalized spacial score (nSPS) is 10.8. The van der Waals surface area contributed by atoms with Gasteiger partial charge in [-0.2, -0.15) is 5.10 Å². The SMILES string of the molecule is Cc1n[nH]c(C)c1CCC(=O)Nc1cccc(-c2nnnn2C)c1. The number of nitrogens with one attached hydrogen (secondary N) is 2. The molecule has 0 spiro atoms. The molecule has 3 aromatic rings. The van der Waals surface area contributed by atoms with Crippen LogP contribution >= 0.6 is 0 Å². The Morgan fingerprint density at radius 1 is 1.33 bits per heavy atom. The molecule has 1 aromatic carbocycles. The van der Waals surface area contributed by atoms with Crippen LogP contribution in [0.4, 0.5) is 5.69 Å². The van der Waals surface area contributed by atoms with Crippen molar-refractivity contribution in [2.75, 3.05) is 5.32 Å². The maximum absolute atomic E-state index is 12.2. The van der Waals surface area contributed by atoms with Gasteiger partial charge in [0.1, 0.15) is 0 Å². The van der Waals surface area contributed by atoms with Crippen LogP contribution in [0.1, 0.15) is 23.4 Å². The van der Waals surface area contributed by atoms with Crippen molar-refractivity contribution in [3.8, 4) is 11.4 Å². The maximum Gasteiger partial charge on any atom is 0.224 e. The summed E-state index contributed by atoms with van der Waals surface area (Å²) < 4.78 is 1.59. The maximum atomic E-state index is 12.2. The summed E-state index contributed by atoms with van der Waals surface area (Å²) in [6.07, 6.45) is 1.06. The molecule has 24 heavy (non-hydrogen) atoms. The van der Waals surface area contributed by atoms with Crippen LogP contribution in [-0.2, 0) is 18.3 Å². The lowest BCUT2D eigenvalue weighted by atomic mass is 10.1. The monoisotopic (exact) mass is 325 g/mol. The van der Waals surface area contributed by atoms with E-state index in [9.17, 15) is 4.79 Å². The predicted molar refractivity (Wildman–Crippen MR) is 89.2 cm³/mol. The lowest BCUT2D eigenvalue weighted by molar-refractivity contribution is -0.116. The summed E-state index contributed by atoms with van der Waals surface area (Å²) in [5.74, 6) is 0.610. The van der Waals surface area contributed by atoms with E-state index in [0.717, 1.165) is 28.2 Å². The standard InChI is InChI=1S/C16H19N7O/c1-10-14(11(2)19-18-10)7-8-15(24)17-13-6-4-5-12(9-13)16-20-21-22-23(16)3/h4-6,9H,7-8H2,1-3H3,(H,17,24)(H,18,19). The van der Waals surface area contributed by atoms with E-state index < -0.39 is 0 Å². The zero-order chi connectivity index (χ0) is 17.1. The highest BCUT2D eigenvalue weighted by molar-refractivity contribution is 5.91. The number of anilines is 1. The molecule has 0 bridgehead atoms.